The Balaban J connectivity index is 2.83. The van der Waals surface area contributed by atoms with E-state index < -0.39 is 16.6 Å². The van der Waals surface area contributed by atoms with Crippen LogP contribution in [0.5, 0.6) is 0 Å². The Labute approximate surface area is 216 Å². The third kappa shape index (κ3) is 8.97. The summed E-state index contributed by atoms with van der Waals surface area (Å²) in [6.45, 7) is 30.2. The molecule has 3 atom stereocenters. The summed E-state index contributed by atoms with van der Waals surface area (Å²) in [6, 6.07) is 0. The lowest BCUT2D eigenvalue weighted by Gasteiger charge is -2.47. The van der Waals surface area contributed by atoms with Crippen molar-refractivity contribution in [1.29, 1.82) is 0 Å². The maximum absolute atomic E-state index is 11.1. The third-order valence-corrected chi connectivity index (χ3v) is 20.9. The Hall–Kier alpha value is 0.754. The molecule has 1 heterocycles. The number of thioether (sulfide) groups is 2. The van der Waals surface area contributed by atoms with E-state index in [1.807, 2.05) is 29.6 Å². The van der Waals surface area contributed by atoms with Gasteiger partial charge in [-0.2, -0.15) is 0 Å². The zero-order chi connectivity index (χ0) is 25.7. The molecule has 1 N–H and O–H groups in total. The average molecular weight is 535 g/mol. The van der Waals surface area contributed by atoms with Crippen molar-refractivity contribution in [2.75, 3.05) is 18.1 Å². The molecule has 0 aromatic rings. The second-order valence-corrected chi connectivity index (χ2v) is 25.5. The van der Waals surface area contributed by atoms with Gasteiger partial charge in [0.05, 0.1) is 16.3 Å². The molecule has 33 heavy (non-hydrogen) atoms. The molecule has 0 aliphatic carbocycles. The lowest BCUT2D eigenvalue weighted by atomic mass is 9.94. The molecule has 0 amide bonds. The Kier molecular flexibility index (Phi) is 11.9. The summed E-state index contributed by atoms with van der Waals surface area (Å²) in [6.07, 6.45) is 5.47. The van der Waals surface area contributed by atoms with Crippen LogP contribution < -0.4 is 0 Å². The van der Waals surface area contributed by atoms with E-state index in [9.17, 15) is 5.11 Å². The fraction of sp³-hybridized carbons (Fsp3) is 0.923. The van der Waals surface area contributed by atoms with Crippen LogP contribution in [0, 0.1) is 5.92 Å². The van der Waals surface area contributed by atoms with Crippen LogP contribution >= 0.6 is 23.5 Å². The number of hydrogen-bond acceptors (Lipinski definition) is 5. The first-order chi connectivity index (χ1) is 14.9. The van der Waals surface area contributed by atoms with Crippen molar-refractivity contribution in [1.82, 2.24) is 0 Å². The molecular weight excluding hydrogens is 481 g/mol. The summed E-state index contributed by atoms with van der Waals surface area (Å²) in [5, 5.41) is 11.5. The van der Waals surface area contributed by atoms with Crippen LogP contribution in [0.25, 0.3) is 0 Å². The Bertz CT molecular complexity index is 606. The molecule has 0 aromatic carbocycles. The molecule has 1 aliphatic rings. The van der Waals surface area contributed by atoms with Crippen LogP contribution in [-0.2, 0) is 8.85 Å². The molecule has 0 unspecified atom stereocenters. The van der Waals surface area contributed by atoms with Gasteiger partial charge in [-0.05, 0) is 73.5 Å². The maximum Gasteiger partial charge on any atom is 0.192 e. The van der Waals surface area contributed by atoms with E-state index in [1.54, 1.807) is 0 Å². The summed E-state index contributed by atoms with van der Waals surface area (Å²) in [5.41, 5.74) is 0. The smallest absolute Gasteiger partial charge is 0.192 e. The molecule has 7 heteroatoms. The molecule has 1 rings (SSSR count). The summed E-state index contributed by atoms with van der Waals surface area (Å²) in [5.74, 6) is 2.60. The SMILES string of the molecule is C=C[C@H](O[Si](C)(C)C(C)(C)C)[C@@H](C)C1(C[C@@H](O)CCCO[Si](C)(C)C(C)(C)C)SCCCS1. The molecule has 196 valence electrons. The van der Waals surface area contributed by atoms with Gasteiger partial charge in [0.25, 0.3) is 0 Å². The number of aliphatic hydroxyl groups is 1. The standard InChI is InChI=1S/C26H54O3S2Si2/c1-13-23(29-33(11,12)25(6,7)8)21(2)26(30-18-15-19-31-26)20-22(27)16-14-17-28-32(9,10)24(3,4)5/h13,21-23,27H,1,14-20H2,2-12H3/t21-,22+,23+/m1/s1. The van der Waals surface area contributed by atoms with Crippen LogP contribution in [0.1, 0.15) is 74.1 Å². The average Bonchev–Trinajstić information content (AvgIpc) is 2.68. The zero-order valence-corrected chi connectivity index (χ0v) is 27.2. The second-order valence-electron chi connectivity index (χ2n) is 12.8. The van der Waals surface area contributed by atoms with Gasteiger partial charge in [0, 0.05) is 12.5 Å². The number of aliphatic hydroxyl groups excluding tert-OH is 1. The van der Waals surface area contributed by atoms with Crippen LogP contribution in [0.4, 0.5) is 0 Å². The summed E-state index contributed by atoms with van der Waals surface area (Å²) in [4.78, 5) is 0. The minimum Gasteiger partial charge on any atom is -0.417 e. The highest BCUT2D eigenvalue weighted by Gasteiger charge is 2.47. The van der Waals surface area contributed by atoms with E-state index in [0.29, 0.717) is 0 Å². The molecule has 1 aliphatic heterocycles. The van der Waals surface area contributed by atoms with Gasteiger partial charge < -0.3 is 14.0 Å². The Morgan fingerprint density at radius 1 is 1.00 bits per heavy atom. The zero-order valence-electron chi connectivity index (χ0n) is 23.5. The summed E-state index contributed by atoms with van der Waals surface area (Å²) >= 11 is 4.07. The van der Waals surface area contributed by atoms with Gasteiger partial charge in [0.2, 0.25) is 0 Å². The first-order valence-electron chi connectivity index (χ1n) is 12.8. The quantitative estimate of drug-likeness (QED) is 0.155. The molecule has 1 fully saturated rings. The Morgan fingerprint density at radius 3 is 1.97 bits per heavy atom. The highest BCUT2D eigenvalue weighted by atomic mass is 32.2. The monoisotopic (exact) mass is 534 g/mol. The maximum atomic E-state index is 11.1. The van der Waals surface area contributed by atoms with Crippen LogP contribution in [-0.4, -0.2) is 56.1 Å². The van der Waals surface area contributed by atoms with Gasteiger partial charge in [-0.25, -0.2) is 0 Å². The fourth-order valence-electron chi connectivity index (χ4n) is 3.57. The second kappa shape index (κ2) is 12.3. The number of hydrogen-bond donors (Lipinski definition) is 1. The molecule has 0 saturated carbocycles. The van der Waals surface area contributed by atoms with Crippen molar-refractivity contribution in [2.24, 2.45) is 5.92 Å². The highest BCUT2D eigenvalue weighted by molar-refractivity contribution is 8.18. The van der Waals surface area contributed by atoms with E-state index in [1.165, 1.54) is 6.42 Å². The van der Waals surface area contributed by atoms with Crippen LogP contribution in [0.3, 0.4) is 0 Å². The van der Waals surface area contributed by atoms with Crippen LogP contribution in [0.15, 0.2) is 12.7 Å². The molecule has 1 saturated heterocycles. The first-order valence-corrected chi connectivity index (χ1v) is 20.6. The predicted octanol–water partition coefficient (Wildman–Crippen LogP) is 8.32. The fourth-order valence-corrected chi connectivity index (χ4v) is 9.69. The summed E-state index contributed by atoms with van der Waals surface area (Å²) < 4.78 is 13.1. The van der Waals surface area contributed by atoms with Gasteiger partial charge in [-0.1, -0.05) is 54.5 Å². The van der Waals surface area contributed by atoms with Crippen molar-refractivity contribution in [3.8, 4) is 0 Å². The molecule has 0 aromatic heterocycles. The number of rotatable bonds is 12. The topological polar surface area (TPSA) is 38.7 Å². The third-order valence-electron chi connectivity index (χ3n) is 8.11. The van der Waals surface area contributed by atoms with Crippen molar-refractivity contribution in [3.05, 3.63) is 12.7 Å². The summed E-state index contributed by atoms with van der Waals surface area (Å²) in [7, 11) is -3.64. The largest absolute Gasteiger partial charge is 0.417 e. The van der Waals surface area contributed by atoms with Gasteiger partial charge in [0.15, 0.2) is 16.6 Å². The molecular formula is C26H54O3S2Si2. The normalized spacial score (nSPS) is 20.8. The van der Waals surface area contributed by atoms with E-state index in [2.05, 4.69) is 81.2 Å². The minimum absolute atomic E-state index is 0.0121. The lowest BCUT2D eigenvalue weighted by Crippen LogP contribution is -2.49. The van der Waals surface area contributed by atoms with E-state index in [0.717, 1.165) is 37.4 Å². The predicted molar refractivity (Wildman–Crippen MR) is 157 cm³/mol. The van der Waals surface area contributed by atoms with Gasteiger partial charge in [0.1, 0.15) is 0 Å². The van der Waals surface area contributed by atoms with E-state index in [4.69, 9.17) is 8.85 Å². The molecule has 0 spiro atoms. The van der Waals surface area contributed by atoms with E-state index in [-0.39, 0.29) is 32.3 Å². The van der Waals surface area contributed by atoms with Crippen molar-refractivity contribution in [3.63, 3.8) is 0 Å². The lowest BCUT2D eigenvalue weighted by molar-refractivity contribution is 0.111. The van der Waals surface area contributed by atoms with Gasteiger partial charge in [-0.15, -0.1) is 30.1 Å². The first kappa shape index (κ1) is 31.8. The molecule has 0 radical (unpaired) electrons. The van der Waals surface area contributed by atoms with Crippen LogP contribution in [0.2, 0.25) is 36.3 Å². The van der Waals surface area contributed by atoms with Gasteiger partial charge in [-0.3, -0.25) is 0 Å². The van der Waals surface area contributed by atoms with Crippen molar-refractivity contribution >= 4 is 40.2 Å². The van der Waals surface area contributed by atoms with Crippen molar-refractivity contribution < 1.29 is 14.0 Å². The van der Waals surface area contributed by atoms with Gasteiger partial charge >= 0.3 is 0 Å². The molecule has 3 nitrogen and oxygen atoms in total. The minimum atomic E-state index is -1.91. The Morgan fingerprint density at radius 2 is 1.52 bits per heavy atom. The van der Waals surface area contributed by atoms with E-state index >= 15 is 0 Å². The molecule has 0 bridgehead atoms. The highest BCUT2D eigenvalue weighted by Crippen LogP contribution is 2.53. The van der Waals surface area contributed by atoms with Crippen molar-refractivity contribution in [2.45, 2.75) is 127 Å².